The maximum atomic E-state index is 6.52. The molecule has 0 aliphatic heterocycles. The van der Waals surface area contributed by atoms with E-state index in [0.717, 1.165) is 25.9 Å². The monoisotopic (exact) mass is 329 g/mol. The van der Waals surface area contributed by atoms with Gasteiger partial charge in [0.1, 0.15) is 0 Å². The van der Waals surface area contributed by atoms with Gasteiger partial charge in [-0.05, 0) is 79.8 Å². The highest BCUT2D eigenvalue weighted by molar-refractivity contribution is 4.90. The molecule has 0 saturated heterocycles. The molecule has 0 aromatic heterocycles. The van der Waals surface area contributed by atoms with Gasteiger partial charge in [-0.1, -0.05) is 41.5 Å². The van der Waals surface area contributed by atoms with Crippen molar-refractivity contribution in [2.24, 2.45) is 5.92 Å². The van der Waals surface area contributed by atoms with Crippen LogP contribution in [0.4, 0.5) is 0 Å². The zero-order valence-corrected chi connectivity index (χ0v) is 18.5. The Morgan fingerprint density at radius 2 is 1.35 bits per heavy atom. The molecular weight excluding hydrogens is 282 g/mol. The molecule has 0 spiro atoms. The quantitative estimate of drug-likeness (QED) is 0.451. The summed E-state index contributed by atoms with van der Waals surface area (Å²) in [5.41, 5.74) is 0.000764. The van der Waals surface area contributed by atoms with E-state index >= 15 is 0 Å². The fourth-order valence-corrected chi connectivity index (χ4v) is 4.12. The van der Waals surface area contributed by atoms with Crippen molar-refractivity contribution in [1.29, 1.82) is 0 Å². The number of ether oxygens (including phenoxy) is 1. The van der Waals surface area contributed by atoms with E-state index in [1.54, 1.807) is 0 Å². The van der Waals surface area contributed by atoms with Crippen LogP contribution in [-0.2, 0) is 4.74 Å². The summed E-state index contributed by atoms with van der Waals surface area (Å²) in [6.45, 7) is 29.0. The highest BCUT2D eigenvalue weighted by Gasteiger charge is 2.37. The third kappa shape index (κ3) is 11.2. The molecular formula is C21H47NO. The lowest BCUT2D eigenvalue weighted by molar-refractivity contribution is -0.147. The van der Waals surface area contributed by atoms with E-state index in [0.29, 0.717) is 5.92 Å². The molecule has 142 valence electrons. The first-order valence-corrected chi connectivity index (χ1v) is 9.80. The summed E-state index contributed by atoms with van der Waals surface area (Å²) < 4.78 is 6.52. The van der Waals surface area contributed by atoms with Crippen molar-refractivity contribution in [3.63, 3.8) is 0 Å². The summed E-state index contributed by atoms with van der Waals surface area (Å²) in [5.74, 6) is 0.663. The van der Waals surface area contributed by atoms with Gasteiger partial charge in [-0.2, -0.15) is 0 Å². The Bertz CT molecular complexity index is 292. The van der Waals surface area contributed by atoms with E-state index < -0.39 is 0 Å². The van der Waals surface area contributed by atoms with Crippen LogP contribution in [0.3, 0.4) is 0 Å². The molecule has 0 aliphatic carbocycles. The van der Waals surface area contributed by atoms with E-state index in [1.165, 1.54) is 6.42 Å². The van der Waals surface area contributed by atoms with Crippen molar-refractivity contribution in [3.05, 3.63) is 0 Å². The Kier molecular flexibility index (Phi) is 11.7. The van der Waals surface area contributed by atoms with Crippen molar-refractivity contribution in [1.82, 2.24) is 4.90 Å². The molecule has 0 atom stereocenters. The van der Waals surface area contributed by atoms with E-state index in [1.807, 2.05) is 13.8 Å². The van der Waals surface area contributed by atoms with Gasteiger partial charge >= 0.3 is 0 Å². The van der Waals surface area contributed by atoms with Crippen LogP contribution in [0.5, 0.6) is 0 Å². The van der Waals surface area contributed by atoms with Gasteiger partial charge in [0.25, 0.3) is 0 Å². The molecule has 0 saturated carbocycles. The van der Waals surface area contributed by atoms with Crippen molar-refractivity contribution in [3.8, 4) is 0 Å². The molecule has 0 N–H and O–H groups in total. The molecule has 0 radical (unpaired) electrons. The van der Waals surface area contributed by atoms with Crippen LogP contribution < -0.4 is 0 Å². The molecule has 2 nitrogen and oxygen atoms in total. The van der Waals surface area contributed by atoms with Gasteiger partial charge in [0.05, 0.1) is 11.2 Å². The standard InChI is InChI=1S/C19H41NO.C2H6/c1-11-13-20(12-2)17(5,6)15-19(9,10)21-18(7,8)14-16(3)4;1-2/h16H,11-15H2,1-10H3;1-2H3. The fourth-order valence-electron chi connectivity index (χ4n) is 4.12. The van der Waals surface area contributed by atoms with Gasteiger partial charge < -0.3 is 4.74 Å². The second-order valence-corrected chi connectivity index (χ2v) is 8.79. The summed E-state index contributed by atoms with van der Waals surface area (Å²) in [5, 5.41) is 0. The van der Waals surface area contributed by atoms with Crippen LogP contribution >= 0.6 is 0 Å². The maximum absolute atomic E-state index is 6.52. The van der Waals surface area contributed by atoms with Gasteiger partial charge in [0.15, 0.2) is 0 Å². The minimum atomic E-state index is -0.108. The predicted octanol–water partition coefficient (Wildman–Crippen LogP) is 6.53. The second-order valence-electron chi connectivity index (χ2n) is 8.79. The Labute approximate surface area is 148 Å². The SMILES string of the molecule is CC.CCCN(CC)C(C)(C)CC(C)(C)OC(C)(C)CC(C)C. The maximum Gasteiger partial charge on any atom is 0.0651 e. The second kappa shape index (κ2) is 10.7. The number of hydrogen-bond acceptors (Lipinski definition) is 2. The van der Waals surface area contributed by atoms with Gasteiger partial charge in [0.2, 0.25) is 0 Å². The summed E-state index contributed by atoms with van der Waals surface area (Å²) in [6, 6.07) is 0. The molecule has 0 bridgehead atoms. The van der Waals surface area contributed by atoms with Crippen molar-refractivity contribution in [2.45, 2.75) is 119 Å². The van der Waals surface area contributed by atoms with Crippen LogP contribution in [-0.4, -0.2) is 34.7 Å². The van der Waals surface area contributed by atoms with Crippen LogP contribution in [0.2, 0.25) is 0 Å². The molecule has 0 aromatic carbocycles. The minimum absolute atomic E-state index is 0.0600. The van der Waals surface area contributed by atoms with Gasteiger partial charge in [-0.3, -0.25) is 4.90 Å². The van der Waals surface area contributed by atoms with Gasteiger partial charge in [-0.25, -0.2) is 0 Å². The Balaban J connectivity index is 0. The van der Waals surface area contributed by atoms with Gasteiger partial charge in [0, 0.05) is 5.54 Å². The lowest BCUT2D eigenvalue weighted by Gasteiger charge is -2.45. The summed E-state index contributed by atoms with van der Waals surface area (Å²) in [7, 11) is 0. The van der Waals surface area contributed by atoms with Crippen LogP contribution in [0, 0.1) is 5.92 Å². The number of hydrogen-bond donors (Lipinski definition) is 0. The molecule has 23 heavy (non-hydrogen) atoms. The van der Waals surface area contributed by atoms with Crippen molar-refractivity contribution >= 4 is 0 Å². The number of nitrogens with zero attached hydrogens (tertiary/aromatic N) is 1. The lowest BCUT2D eigenvalue weighted by atomic mass is 9.86. The topological polar surface area (TPSA) is 12.5 Å². The zero-order valence-electron chi connectivity index (χ0n) is 18.5. The third-order valence-corrected chi connectivity index (χ3v) is 4.04. The average Bonchev–Trinajstić information content (AvgIpc) is 2.33. The first-order chi connectivity index (χ1) is 10.4. The summed E-state index contributed by atoms with van der Waals surface area (Å²) >= 11 is 0. The number of rotatable bonds is 10. The third-order valence-electron chi connectivity index (χ3n) is 4.04. The smallest absolute Gasteiger partial charge is 0.0651 e. The first kappa shape index (κ1) is 25.2. The molecule has 0 amide bonds. The van der Waals surface area contributed by atoms with Crippen LogP contribution in [0.15, 0.2) is 0 Å². The molecule has 2 heteroatoms. The van der Waals surface area contributed by atoms with Crippen molar-refractivity contribution < 1.29 is 4.74 Å². The van der Waals surface area contributed by atoms with Crippen LogP contribution in [0.1, 0.15) is 102 Å². The zero-order chi connectivity index (χ0) is 18.9. The van der Waals surface area contributed by atoms with Crippen LogP contribution in [0.25, 0.3) is 0 Å². The highest BCUT2D eigenvalue weighted by Crippen LogP contribution is 2.33. The Morgan fingerprint density at radius 1 is 0.870 bits per heavy atom. The average molecular weight is 330 g/mol. The Morgan fingerprint density at radius 3 is 1.70 bits per heavy atom. The first-order valence-electron chi connectivity index (χ1n) is 9.80. The fraction of sp³-hybridized carbons (Fsp3) is 1.00. The van der Waals surface area contributed by atoms with E-state index in [-0.39, 0.29) is 16.7 Å². The minimum Gasteiger partial charge on any atom is -0.370 e. The molecule has 0 aromatic rings. The van der Waals surface area contributed by atoms with Crippen molar-refractivity contribution in [2.75, 3.05) is 13.1 Å². The molecule has 0 unspecified atom stereocenters. The predicted molar refractivity (Wildman–Crippen MR) is 106 cm³/mol. The summed E-state index contributed by atoms with van der Waals surface area (Å²) in [6.07, 6.45) is 3.36. The lowest BCUT2D eigenvalue weighted by Crippen LogP contribution is -2.50. The molecule has 0 heterocycles. The largest absolute Gasteiger partial charge is 0.370 e. The van der Waals surface area contributed by atoms with E-state index in [2.05, 4.69) is 74.1 Å². The van der Waals surface area contributed by atoms with E-state index in [4.69, 9.17) is 4.74 Å². The highest BCUT2D eigenvalue weighted by atomic mass is 16.5. The molecule has 0 aliphatic rings. The van der Waals surface area contributed by atoms with E-state index in [9.17, 15) is 0 Å². The normalized spacial score (nSPS) is 13.3. The molecule has 0 rings (SSSR count). The Hall–Kier alpha value is -0.0800. The van der Waals surface area contributed by atoms with Gasteiger partial charge in [-0.15, -0.1) is 0 Å². The summed E-state index contributed by atoms with van der Waals surface area (Å²) in [4.78, 5) is 2.58. The molecule has 0 fully saturated rings.